The van der Waals surface area contributed by atoms with Crippen molar-refractivity contribution in [1.82, 2.24) is 4.57 Å². The first-order valence-corrected chi connectivity index (χ1v) is 5.54. The largest absolute Gasteiger partial charge is 0.330 e. The fourth-order valence-electron chi connectivity index (χ4n) is 2.00. The maximum Gasteiger partial charge on any atom is 0.227 e. The Morgan fingerprint density at radius 3 is 2.81 bits per heavy atom. The molecule has 0 aliphatic carbocycles. The maximum absolute atomic E-state index is 11.5. The molecule has 0 radical (unpaired) electrons. The molecule has 0 aliphatic heterocycles. The average Bonchev–Trinajstić information content (AvgIpc) is 2.65. The van der Waals surface area contributed by atoms with Gasteiger partial charge >= 0.3 is 0 Å². The van der Waals surface area contributed by atoms with Crippen LogP contribution in [0.1, 0.15) is 23.7 Å². The monoisotopic (exact) mass is 216 g/mol. The number of aryl methyl sites for hydroxylation is 1. The van der Waals surface area contributed by atoms with Crippen LogP contribution in [0, 0.1) is 0 Å². The second-order valence-corrected chi connectivity index (χ2v) is 3.95. The van der Waals surface area contributed by atoms with Gasteiger partial charge in [-0.3, -0.25) is 9.36 Å². The van der Waals surface area contributed by atoms with Crippen molar-refractivity contribution in [1.29, 1.82) is 0 Å². The molecule has 0 bridgehead atoms. The zero-order valence-electron chi connectivity index (χ0n) is 9.44. The Morgan fingerprint density at radius 2 is 2.12 bits per heavy atom. The Bertz CT molecular complexity index is 514. The van der Waals surface area contributed by atoms with Crippen LogP contribution in [-0.2, 0) is 6.42 Å². The average molecular weight is 216 g/mol. The van der Waals surface area contributed by atoms with Gasteiger partial charge in [0.1, 0.15) is 0 Å². The van der Waals surface area contributed by atoms with Gasteiger partial charge in [-0.2, -0.15) is 0 Å². The molecule has 3 heteroatoms. The zero-order valence-corrected chi connectivity index (χ0v) is 9.44. The van der Waals surface area contributed by atoms with Gasteiger partial charge in [0.25, 0.3) is 0 Å². The van der Waals surface area contributed by atoms with Gasteiger partial charge in [0.15, 0.2) is 0 Å². The molecule has 0 amide bonds. The van der Waals surface area contributed by atoms with Crippen molar-refractivity contribution in [3.05, 3.63) is 36.0 Å². The van der Waals surface area contributed by atoms with Crippen molar-refractivity contribution in [2.24, 2.45) is 5.73 Å². The molecule has 1 heterocycles. The number of rotatable bonds is 3. The molecule has 3 nitrogen and oxygen atoms in total. The van der Waals surface area contributed by atoms with E-state index in [1.165, 1.54) is 5.56 Å². The second-order valence-electron chi connectivity index (χ2n) is 3.95. The summed E-state index contributed by atoms with van der Waals surface area (Å²) in [6, 6.07) is 7.98. The predicted octanol–water partition coefficient (Wildman–Crippen LogP) is 2.19. The summed E-state index contributed by atoms with van der Waals surface area (Å²) in [6.45, 7) is 2.26. The van der Waals surface area contributed by atoms with E-state index >= 15 is 0 Å². The minimum absolute atomic E-state index is 0.0511. The van der Waals surface area contributed by atoms with Crippen molar-refractivity contribution in [2.75, 3.05) is 6.54 Å². The van der Waals surface area contributed by atoms with E-state index in [9.17, 15) is 4.79 Å². The van der Waals surface area contributed by atoms with Crippen LogP contribution in [0.2, 0.25) is 0 Å². The number of fused-ring (bicyclic) bond motifs is 1. The molecule has 0 atom stereocenters. The number of benzene rings is 1. The quantitative estimate of drug-likeness (QED) is 0.855. The lowest BCUT2D eigenvalue weighted by Crippen LogP contribution is -2.03. The molecule has 2 rings (SSSR count). The lowest BCUT2D eigenvalue weighted by molar-refractivity contribution is 0.0941. The Balaban J connectivity index is 2.53. The molecule has 84 valence electrons. The normalized spacial score (nSPS) is 10.9. The van der Waals surface area contributed by atoms with E-state index in [2.05, 4.69) is 6.07 Å². The third-order valence-electron chi connectivity index (χ3n) is 2.78. The summed E-state index contributed by atoms with van der Waals surface area (Å²) < 4.78 is 1.71. The summed E-state index contributed by atoms with van der Waals surface area (Å²) in [5.41, 5.74) is 7.71. The van der Waals surface area contributed by atoms with Gasteiger partial charge in [0.2, 0.25) is 5.91 Å². The van der Waals surface area contributed by atoms with Crippen molar-refractivity contribution in [3.8, 4) is 0 Å². The van der Waals surface area contributed by atoms with Gasteiger partial charge < -0.3 is 5.73 Å². The highest BCUT2D eigenvalue weighted by atomic mass is 16.1. The van der Waals surface area contributed by atoms with Crippen LogP contribution < -0.4 is 5.73 Å². The van der Waals surface area contributed by atoms with Gasteiger partial charge in [-0.1, -0.05) is 18.2 Å². The molecule has 16 heavy (non-hydrogen) atoms. The third-order valence-corrected chi connectivity index (χ3v) is 2.78. The van der Waals surface area contributed by atoms with E-state index in [1.54, 1.807) is 11.5 Å². The van der Waals surface area contributed by atoms with E-state index in [-0.39, 0.29) is 5.91 Å². The summed E-state index contributed by atoms with van der Waals surface area (Å²) in [5, 5.41) is 1.16. The van der Waals surface area contributed by atoms with Crippen LogP contribution in [0.5, 0.6) is 0 Å². The summed E-state index contributed by atoms with van der Waals surface area (Å²) >= 11 is 0. The number of hydrogen-bond acceptors (Lipinski definition) is 2. The smallest absolute Gasteiger partial charge is 0.227 e. The van der Waals surface area contributed by atoms with Gasteiger partial charge in [0.05, 0.1) is 5.52 Å². The highest BCUT2D eigenvalue weighted by Crippen LogP contribution is 2.22. The van der Waals surface area contributed by atoms with Crippen molar-refractivity contribution < 1.29 is 4.79 Å². The summed E-state index contributed by atoms with van der Waals surface area (Å²) in [5.74, 6) is 0.0511. The number of carbonyl (C=O) groups is 1. The molecule has 1 aromatic heterocycles. The Morgan fingerprint density at radius 1 is 1.38 bits per heavy atom. The fourth-order valence-corrected chi connectivity index (χ4v) is 2.00. The van der Waals surface area contributed by atoms with Crippen LogP contribution >= 0.6 is 0 Å². The number of carbonyl (C=O) groups excluding carboxylic acids is 1. The third kappa shape index (κ3) is 1.86. The first kappa shape index (κ1) is 10.9. The molecule has 0 aliphatic rings. The minimum atomic E-state index is 0.0511. The minimum Gasteiger partial charge on any atom is -0.330 e. The van der Waals surface area contributed by atoms with Crippen molar-refractivity contribution >= 4 is 16.8 Å². The summed E-state index contributed by atoms with van der Waals surface area (Å²) in [4.78, 5) is 11.5. The number of para-hydroxylation sites is 1. The Labute approximate surface area is 94.9 Å². The van der Waals surface area contributed by atoms with Gasteiger partial charge in [-0.05, 0) is 31.0 Å². The molecule has 1 aromatic carbocycles. The van der Waals surface area contributed by atoms with E-state index in [0.29, 0.717) is 6.54 Å². The van der Waals surface area contributed by atoms with Crippen LogP contribution in [0.4, 0.5) is 0 Å². The SMILES string of the molecule is CC(=O)n1cc(CCCN)c2ccccc21. The Hall–Kier alpha value is -1.61. The predicted molar refractivity (Wildman–Crippen MR) is 65.6 cm³/mol. The number of hydrogen-bond donors (Lipinski definition) is 1. The first-order valence-electron chi connectivity index (χ1n) is 5.54. The highest BCUT2D eigenvalue weighted by molar-refractivity contribution is 5.93. The number of aromatic nitrogens is 1. The molecular formula is C13H16N2O. The highest BCUT2D eigenvalue weighted by Gasteiger charge is 2.09. The molecule has 0 saturated carbocycles. The maximum atomic E-state index is 11.5. The van der Waals surface area contributed by atoms with Crippen molar-refractivity contribution in [2.45, 2.75) is 19.8 Å². The van der Waals surface area contributed by atoms with E-state index in [0.717, 1.165) is 23.7 Å². The topological polar surface area (TPSA) is 48.0 Å². The molecule has 2 aromatic rings. The molecule has 0 unspecified atom stereocenters. The van der Waals surface area contributed by atoms with E-state index in [1.807, 2.05) is 24.4 Å². The van der Waals surface area contributed by atoms with Gasteiger partial charge in [0, 0.05) is 18.5 Å². The van der Waals surface area contributed by atoms with Crippen LogP contribution in [-0.4, -0.2) is 17.0 Å². The summed E-state index contributed by atoms with van der Waals surface area (Å²) in [7, 11) is 0. The lowest BCUT2D eigenvalue weighted by Gasteiger charge is -1.97. The number of nitrogens with two attached hydrogens (primary N) is 1. The van der Waals surface area contributed by atoms with Crippen LogP contribution in [0.15, 0.2) is 30.5 Å². The molecule has 0 saturated heterocycles. The first-order chi connectivity index (χ1) is 7.74. The standard InChI is InChI=1S/C13H16N2O/c1-10(16)15-9-11(5-4-8-14)12-6-2-3-7-13(12)15/h2-3,6-7,9H,4-5,8,14H2,1H3. The van der Waals surface area contributed by atoms with Crippen molar-refractivity contribution in [3.63, 3.8) is 0 Å². The van der Waals surface area contributed by atoms with Gasteiger partial charge in [-0.15, -0.1) is 0 Å². The molecule has 0 spiro atoms. The molecule has 0 fully saturated rings. The second kappa shape index (κ2) is 4.49. The van der Waals surface area contributed by atoms with Crippen LogP contribution in [0.3, 0.4) is 0 Å². The number of nitrogens with zero attached hydrogens (tertiary/aromatic N) is 1. The van der Waals surface area contributed by atoms with E-state index in [4.69, 9.17) is 5.73 Å². The molecule has 2 N–H and O–H groups in total. The van der Waals surface area contributed by atoms with Gasteiger partial charge in [-0.25, -0.2) is 0 Å². The van der Waals surface area contributed by atoms with E-state index < -0.39 is 0 Å². The Kier molecular flexibility index (Phi) is 3.06. The van der Waals surface area contributed by atoms with Crippen LogP contribution in [0.25, 0.3) is 10.9 Å². The fraction of sp³-hybridized carbons (Fsp3) is 0.308. The lowest BCUT2D eigenvalue weighted by atomic mass is 10.1. The summed E-state index contributed by atoms with van der Waals surface area (Å²) in [6.07, 6.45) is 3.81. The molecular weight excluding hydrogens is 200 g/mol. The zero-order chi connectivity index (χ0) is 11.5.